The van der Waals surface area contributed by atoms with Crippen LogP contribution >= 0.6 is 0 Å². The Labute approximate surface area is 193 Å². The van der Waals surface area contributed by atoms with Crippen LogP contribution in [0.2, 0.25) is 0 Å². The molecule has 0 unspecified atom stereocenters. The molecule has 0 spiro atoms. The molecule has 11 heteroatoms. The molecule has 34 heavy (non-hydrogen) atoms. The van der Waals surface area contributed by atoms with Gasteiger partial charge in [0.1, 0.15) is 6.61 Å². The van der Waals surface area contributed by atoms with Crippen LogP contribution < -0.4 is 10.6 Å². The second-order valence-corrected chi connectivity index (χ2v) is 7.91. The smallest absolute Gasteiger partial charge is 0.412 e. The second-order valence-electron chi connectivity index (χ2n) is 7.91. The molecule has 2 aromatic carbocycles. The molecular formula is C23H20N4O7. The zero-order valence-corrected chi connectivity index (χ0v) is 17.8. The topological polar surface area (TPSA) is 153 Å². The lowest BCUT2D eigenvalue weighted by molar-refractivity contribution is -0.148. The molecule has 0 saturated carbocycles. The van der Waals surface area contributed by atoms with Crippen molar-refractivity contribution in [2.75, 3.05) is 18.5 Å². The molecular weight excluding hydrogens is 444 g/mol. The summed E-state index contributed by atoms with van der Waals surface area (Å²) < 4.78 is 15.1. The van der Waals surface area contributed by atoms with Crippen molar-refractivity contribution in [1.82, 2.24) is 15.6 Å². The number of carboxylic acid groups (broad SMARTS) is 1. The molecule has 2 atom stereocenters. The van der Waals surface area contributed by atoms with E-state index >= 15 is 0 Å². The molecule has 3 aromatic rings. The molecule has 5 rings (SSSR count). The van der Waals surface area contributed by atoms with E-state index < -0.39 is 30.1 Å². The van der Waals surface area contributed by atoms with Crippen molar-refractivity contribution in [2.45, 2.75) is 24.5 Å². The Hall–Kier alpha value is -4.25. The van der Waals surface area contributed by atoms with Crippen LogP contribution in [0.25, 0.3) is 11.1 Å². The molecule has 0 bridgehead atoms. The maximum atomic E-state index is 12.6. The van der Waals surface area contributed by atoms with E-state index in [9.17, 15) is 19.5 Å². The number of aliphatic carboxylic acids is 1. The van der Waals surface area contributed by atoms with Crippen LogP contribution in [0.5, 0.6) is 0 Å². The summed E-state index contributed by atoms with van der Waals surface area (Å²) in [5, 5.41) is 21.1. The third-order valence-electron chi connectivity index (χ3n) is 5.92. The number of amides is 2. The van der Waals surface area contributed by atoms with Crippen LogP contribution in [0, 0.1) is 0 Å². The zero-order chi connectivity index (χ0) is 23.7. The third-order valence-corrected chi connectivity index (χ3v) is 5.92. The summed E-state index contributed by atoms with van der Waals surface area (Å²) in [4.78, 5) is 36.3. The highest BCUT2D eigenvalue weighted by Crippen LogP contribution is 2.44. The summed E-state index contributed by atoms with van der Waals surface area (Å²) in [6, 6.07) is 15.1. The van der Waals surface area contributed by atoms with Crippen molar-refractivity contribution in [3.8, 4) is 11.1 Å². The number of aromatic nitrogens is 2. The number of anilines is 1. The summed E-state index contributed by atoms with van der Waals surface area (Å²) >= 11 is 0. The van der Waals surface area contributed by atoms with Gasteiger partial charge in [-0.15, -0.1) is 0 Å². The predicted molar refractivity (Wildman–Crippen MR) is 116 cm³/mol. The van der Waals surface area contributed by atoms with Gasteiger partial charge in [-0.25, -0.2) is 14.2 Å². The minimum atomic E-state index is -1.18. The molecule has 1 saturated heterocycles. The molecule has 0 radical (unpaired) electrons. The number of carbonyl (C=O) groups is 3. The number of carboxylic acids is 1. The fourth-order valence-corrected chi connectivity index (χ4v) is 4.37. The van der Waals surface area contributed by atoms with Gasteiger partial charge < -0.3 is 19.9 Å². The van der Waals surface area contributed by atoms with Gasteiger partial charge in [-0.05, 0) is 39.0 Å². The van der Waals surface area contributed by atoms with Crippen molar-refractivity contribution < 1.29 is 33.6 Å². The number of fused-ring (bicyclic) bond motifs is 3. The normalized spacial score (nSPS) is 18.7. The van der Waals surface area contributed by atoms with Gasteiger partial charge in [-0.3, -0.25) is 10.1 Å². The number of carbonyl (C=O) groups excluding carboxylic acids is 2. The van der Waals surface area contributed by atoms with Crippen LogP contribution in [-0.2, 0) is 14.3 Å². The minimum absolute atomic E-state index is 0.0758. The summed E-state index contributed by atoms with van der Waals surface area (Å²) in [6.07, 6.45) is -1.68. The molecule has 174 valence electrons. The Balaban J connectivity index is 1.23. The molecule has 1 aliphatic carbocycles. The number of nitrogens with one attached hydrogen (secondary N) is 2. The number of hydrogen-bond donors (Lipinski definition) is 3. The molecule has 1 aliphatic heterocycles. The van der Waals surface area contributed by atoms with Gasteiger partial charge >= 0.3 is 12.1 Å². The van der Waals surface area contributed by atoms with E-state index in [0.717, 1.165) is 22.3 Å². The zero-order valence-electron chi connectivity index (χ0n) is 17.8. The number of hydrogen-bond acceptors (Lipinski definition) is 8. The van der Waals surface area contributed by atoms with E-state index in [-0.39, 0.29) is 30.6 Å². The number of nitrogens with zero attached hydrogens (tertiary/aromatic N) is 2. The number of rotatable bonds is 6. The second kappa shape index (κ2) is 8.94. The SMILES string of the molecule is O=C(Nc1nonc1C(=O)N[C@@H]1CCO[C@@H]1C(=O)O)OCC1c2ccccc2-c2ccccc21. The standard InChI is InChI=1S/C23H20N4O7/c28-21(24-17-9-10-32-19(17)22(29)30)18-20(27-34-26-18)25-23(31)33-11-16-14-7-3-1-5-12(14)13-6-2-4-8-15(13)16/h1-8,16-17,19H,9-11H2,(H,24,28)(H,29,30)(H,25,27,31)/t17-,19+/m1/s1. The summed E-state index contributed by atoms with van der Waals surface area (Å²) in [7, 11) is 0. The average molecular weight is 464 g/mol. The lowest BCUT2D eigenvalue weighted by Gasteiger charge is -2.15. The first-order chi connectivity index (χ1) is 16.5. The monoisotopic (exact) mass is 464 g/mol. The minimum Gasteiger partial charge on any atom is -0.479 e. The van der Waals surface area contributed by atoms with Gasteiger partial charge in [0, 0.05) is 12.5 Å². The molecule has 11 nitrogen and oxygen atoms in total. The highest BCUT2D eigenvalue weighted by Gasteiger charge is 2.36. The van der Waals surface area contributed by atoms with E-state index in [0.29, 0.717) is 6.42 Å². The molecule has 3 N–H and O–H groups in total. The predicted octanol–water partition coefficient (Wildman–Crippen LogP) is 2.40. The van der Waals surface area contributed by atoms with E-state index in [1.165, 1.54) is 0 Å². The first-order valence-electron chi connectivity index (χ1n) is 10.6. The van der Waals surface area contributed by atoms with Gasteiger partial charge in [0.25, 0.3) is 5.91 Å². The summed E-state index contributed by atoms with van der Waals surface area (Å²) in [6.45, 7) is 0.274. The van der Waals surface area contributed by atoms with Gasteiger partial charge in [-0.2, -0.15) is 0 Å². The maximum absolute atomic E-state index is 12.6. The fraction of sp³-hybridized carbons (Fsp3) is 0.261. The Morgan fingerprint density at radius 3 is 2.38 bits per heavy atom. The van der Waals surface area contributed by atoms with Crippen LogP contribution in [0.1, 0.15) is 34.0 Å². The number of ether oxygens (including phenoxy) is 2. The largest absolute Gasteiger partial charge is 0.479 e. The fourth-order valence-electron chi connectivity index (χ4n) is 4.37. The Morgan fingerprint density at radius 1 is 1.03 bits per heavy atom. The maximum Gasteiger partial charge on any atom is 0.412 e. The molecule has 1 fully saturated rings. The Kier molecular flexibility index (Phi) is 5.68. The number of benzene rings is 2. The molecule has 2 heterocycles. The van der Waals surface area contributed by atoms with E-state index in [1.807, 2.05) is 48.5 Å². The van der Waals surface area contributed by atoms with Crippen LogP contribution in [0.15, 0.2) is 53.2 Å². The van der Waals surface area contributed by atoms with E-state index in [1.54, 1.807) is 0 Å². The van der Waals surface area contributed by atoms with Gasteiger partial charge in [0.05, 0.1) is 6.04 Å². The quantitative estimate of drug-likeness (QED) is 0.499. The van der Waals surface area contributed by atoms with E-state index in [2.05, 4.69) is 25.6 Å². The lowest BCUT2D eigenvalue weighted by Crippen LogP contribution is -2.44. The van der Waals surface area contributed by atoms with Crippen molar-refractivity contribution in [1.29, 1.82) is 0 Å². The Bertz CT molecular complexity index is 1210. The molecule has 2 amide bonds. The van der Waals surface area contributed by atoms with Crippen LogP contribution in [0.3, 0.4) is 0 Å². The van der Waals surface area contributed by atoms with Gasteiger partial charge in [0.15, 0.2) is 6.10 Å². The lowest BCUT2D eigenvalue weighted by atomic mass is 9.98. The molecule has 2 aliphatic rings. The van der Waals surface area contributed by atoms with Crippen LogP contribution in [0.4, 0.5) is 10.6 Å². The van der Waals surface area contributed by atoms with Crippen molar-refractivity contribution in [3.05, 3.63) is 65.4 Å². The van der Waals surface area contributed by atoms with Crippen LogP contribution in [-0.4, -0.2) is 58.7 Å². The van der Waals surface area contributed by atoms with E-state index in [4.69, 9.17) is 9.47 Å². The first-order valence-corrected chi connectivity index (χ1v) is 10.6. The summed E-state index contributed by atoms with van der Waals surface area (Å²) in [5.74, 6) is -2.30. The highest BCUT2D eigenvalue weighted by atomic mass is 16.6. The van der Waals surface area contributed by atoms with Crippen molar-refractivity contribution >= 4 is 23.8 Å². The molecule has 1 aromatic heterocycles. The summed E-state index contributed by atoms with van der Waals surface area (Å²) in [5.41, 5.74) is 4.02. The van der Waals surface area contributed by atoms with Crippen molar-refractivity contribution in [2.24, 2.45) is 0 Å². The third kappa shape index (κ3) is 3.97. The average Bonchev–Trinajstić information content (AvgIpc) is 3.55. The Morgan fingerprint density at radius 2 is 1.71 bits per heavy atom. The first kappa shape index (κ1) is 21.6. The van der Waals surface area contributed by atoms with Crippen molar-refractivity contribution in [3.63, 3.8) is 0 Å². The van der Waals surface area contributed by atoms with Gasteiger partial charge in [0.2, 0.25) is 11.5 Å². The highest BCUT2D eigenvalue weighted by molar-refractivity contribution is 6.00. The van der Waals surface area contributed by atoms with Gasteiger partial charge in [-0.1, -0.05) is 48.5 Å².